The summed E-state index contributed by atoms with van der Waals surface area (Å²) < 4.78 is 5.13. The van der Waals surface area contributed by atoms with Crippen molar-refractivity contribution in [3.05, 3.63) is 0 Å². The molecule has 0 aliphatic carbocycles. The smallest absolute Gasteiger partial charge is 0.0719 e. The lowest BCUT2D eigenvalue weighted by Gasteiger charge is -2.17. The van der Waals surface area contributed by atoms with Gasteiger partial charge < -0.3 is 10.5 Å². The van der Waals surface area contributed by atoms with Crippen molar-refractivity contribution in [3.8, 4) is 0 Å². The third-order valence-corrected chi connectivity index (χ3v) is 1.46. The van der Waals surface area contributed by atoms with Crippen molar-refractivity contribution < 1.29 is 4.74 Å². The minimum atomic E-state index is 0.162. The summed E-state index contributed by atoms with van der Waals surface area (Å²) in [4.78, 5) is 0. The van der Waals surface area contributed by atoms with Gasteiger partial charge in [0, 0.05) is 13.2 Å². The van der Waals surface area contributed by atoms with Crippen molar-refractivity contribution in [1.82, 2.24) is 0 Å². The van der Waals surface area contributed by atoms with Gasteiger partial charge in [-0.2, -0.15) is 0 Å². The Hall–Kier alpha value is -0.0800. The minimum Gasteiger partial charge on any atom is -0.380 e. The maximum Gasteiger partial charge on any atom is 0.0719 e. The van der Waals surface area contributed by atoms with Crippen LogP contribution >= 0.6 is 0 Å². The van der Waals surface area contributed by atoms with Gasteiger partial charge in [-0.25, -0.2) is 0 Å². The Kier molecular flexibility index (Phi) is 4.72. The molecule has 2 N–H and O–H groups in total. The molecule has 0 heterocycles. The number of nitrogens with two attached hydrogens (primary N) is 1. The van der Waals surface area contributed by atoms with Gasteiger partial charge in [0.25, 0.3) is 0 Å². The van der Waals surface area contributed by atoms with Crippen molar-refractivity contribution in [2.45, 2.75) is 38.8 Å². The zero-order chi connectivity index (χ0) is 7.28. The molecule has 0 radical (unpaired) electrons. The van der Waals surface area contributed by atoms with Crippen LogP contribution in [0.25, 0.3) is 0 Å². The Bertz CT molecular complexity index is 63.9. The lowest BCUT2D eigenvalue weighted by Crippen LogP contribution is -2.32. The molecule has 1 unspecified atom stereocenters. The second-order valence-corrected chi connectivity index (χ2v) is 2.42. The van der Waals surface area contributed by atoms with Crippen LogP contribution in [-0.4, -0.2) is 19.3 Å². The number of hydrogen-bond acceptors (Lipinski definition) is 2. The highest BCUT2D eigenvalue weighted by atomic mass is 16.5. The largest absolute Gasteiger partial charge is 0.380 e. The molecule has 0 aromatic rings. The van der Waals surface area contributed by atoms with Gasteiger partial charge in [0.1, 0.15) is 0 Å². The molecule has 0 aromatic heterocycles. The van der Waals surface area contributed by atoms with Crippen molar-refractivity contribution >= 4 is 0 Å². The molecule has 2 heteroatoms. The molecule has 56 valence electrons. The van der Waals surface area contributed by atoms with E-state index in [-0.39, 0.29) is 12.1 Å². The first-order chi connectivity index (χ1) is 4.22. The average molecular weight is 131 g/mol. The molecule has 0 aliphatic heterocycles. The summed E-state index contributed by atoms with van der Waals surface area (Å²) in [6.45, 7) is 4.11. The van der Waals surface area contributed by atoms with Gasteiger partial charge in [-0.15, -0.1) is 0 Å². The summed E-state index contributed by atoms with van der Waals surface area (Å²) >= 11 is 0. The van der Waals surface area contributed by atoms with Gasteiger partial charge >= 0.3 is 0 Å². The zero-order valence-electron chi connectivity index (χ0n) is 6.55. The van der Waals surface area contributed by atoms with Crippen LogP contribution in [0, 0.1) is 0 Å². The Morgan fingerprint density at radius 3 is 2.22 bits per heavy atom. The van der Waals surface area contributed by atoms with Gasteiger partial charge in [0.2, 0.25) is 0 Å². The van der Waals surface area contributed by atoms with Gasteiger partial charge in [-0.1, -0.05) is 13.3 Å². The summed E-state index contributed by atoms with van der Waals surface area (Å²) in [5.74, 6) is 0. The fraction of sp³-hybridized carbons (Fsp3) is 1.00. The molecule has 0 saturated heterocycles. The molecule has 0 bridgehead atoms. The Labute approximate surface area is 57.4 Å². The number of hydrogen-bond donors (Lipinski definition) is 1. The van der Waals surface area contributed by atoms with Crippen LogP contribution in [0.2, 0.25) is 0 Å². The molecule has 2 nitrogen and oxygen atoms in total. The van der Waals surface area contributed by atoms with Crippen LogP contribution in [0.1, 0.15) is 26.7 Å². The quantitative estimate of drug-likeness (QED) is 0.621. The van der Waals surface area contributed by atoms with E-state index in [0.29, 0.717) is 0 Å². The van der Waals surface area contributed by atoms with E-state index in [9.17, 15) is 0 Å². The standard InChI is InChI=1S/C7H17NO/c1-4-5-7(9-3)6(2)8/h6-7H,4-5,8H2,1-3H3/t6-,7?/m0/s1. The average Bonchev–Trinajstić information content (AvgIpc) is 1.82. The summed E-state index contributed by atoms with van der Waals surface area (Å²) in [6.07, 6.45) is 2.45. The van der Waals surface area contributed by atoms with E-state index in [1.165, 1.54) is 0 Å². The lowest BCUT2D eigenvalue weighted by atomic mass is 10.1. The van der Waals surface area contributed by atoms with Crippen LogP contribution < -0.4 is 5.73 Å². The molecular formula is C7H17NO. The van der Waals surface area contributed by atoms with E-state index < -0.39 is 0 Å². The fourth-order valence-electron chi connectivity index (χ4n) is 0.880. The zero-order valence-corrected chi connectivity index (χ0v) is 6.55. The van der Waals surface area contributed by atoms with E-state index in [1.807, 2.05) is 6.92 Å². The van der Waals surface area contributed by atoms with Crippen molar-refractivity contribution in [2.75, 3.05) is 7.11 Å². The molecular weight excluding hydrogens is 114 g/mol. The van der Waals surface area contributed by atoms with Crippen LogP contribution in [0.4, 0.5) is 0 Å². The summed E-state index contributed by atoms with van der Waals surface area (Å²) in [6, 6.07) is 0.162. The maximum absolute atomic E-state index is 5.61. The highest BCUT2D eigenvalue weighted by molar-refractivity contribution is 4.66. The maximum atomic E-state index is 5.61. The fourth-order valence-corrected chi connectivity index (χ4v) is 0.880. The van der Waals surface area contributed by atoms with Crippen molar-refractivity contribution in [2.24, 2.45) is 5.73 Å². The van der Waals surface area contributed by atoms with E-state index in [1.54, 1.807) is 7.11 Å². The monoisotopic (exact) mass is 131 g/mol. The predicted octanol–water partition coefficient (Wildman–Crippen LogP) is 1.15. The van der Waals surface area contributed by atoms with Gasteiger partial charge in [-0.05, 0) is 13.3 Å². The summed E-state index contributed by atoms with van der Waals surface area (Å²) in [5, 5.41) is 0. The topological polar surface area (TPSA) is 35.2 Å². The highest BCUT2D eigenvalue weighted by Crippen LogP contribution is 2.03. The van der Waals surface area contributed by atoms with Gasteiger partial charge in [-0.3, -0.25) is 0 Å². The van der Waals surface area contributed by atoms with E-state index >= 15 is 0 Å². The SMILES string of the molecule is CCCC(OC)[C@H](C)N. The number of methoxy groups -OCH3 is 1. The van der Waals surface area contributed by atoms with E-state index in [2.05, 4.69) is 6.92 Å². The molecule has 2 atom stereocenters. The highest BCUT2D eigenvalue weighted by Gasteiger charge is 2.09. The molecule has 0 rings (SSSR count). The summed E-state index contributed by atoms with van der Waals surface area (Å²) in [5.41, 5.74) is 5.61. The predicted molar refractivity (Wildman–Crippen MR) is 39.4 cm³/mol. The molecule has 9 heavy (non-hydrogen) atoms. The second kappa shape index (κ2) is 4.77. The van der Waals surface area contributed by atoms with Gasteiger partial charge in [0.15, 0.2) is 0 Å². The van der Waals surface area contributed by atoms with Gasteiger partial charge in [0.05, 0.1) is 6.10 Å². The Balaban J connectivity index is 3.41. The molecule has 0 aliphatic rings. The molecule has 0 fully saturated rings. The minimum absolute atomic E-state index is 0.162. The number of ether oxygens (including phenoxy) is 1. The second-order valence-electron chi connectivity index (χ2n) is 2.42. The molecule has 0 spiro atoms. The first kappa shape index (κ1) is 8.92. The third kappa shape index (κ3) is 3.49. The Morgan fingerprint density at radius 1 is 1.56 bits per heavy atom. The van der Waals surface area contributed by atoms with E-state index in [4.69, 9.17) is 10.5 Å². The third-order valence-electron chi connectivity index (χ3n) is 1.46. The normalized spacial score (nSPS) is 17.3. The molecule has 0 amide bonds. The van der Waals surface area contributed by atoms with Crippen molar-refractivity contribution in [3.63, 3.8) is 0 Å². The van der Waals surface area contributed by atoms with E-state index in [0.717, 1.165) is 12.8 Å². The first-order valence-corrected chi connectivity index (χ1v) is 3.50. The molecule has 0 saturated carbocycles. The van der Waals surface area contributed by atoms with Crippen LogP contribution in [0.3, 0.4) is 0 Å². The summed E-state index contributed by atoms with van der Waals surface area (Å²) in [7, 11) is 1.71. The first-order valence-electron chi connectivity index (χ1n) is 3.50. The number of rotatable bonds is 4. The molecule has 0 aromatic carbocycles. The van der Waals surface area contributed by atoms with Crippen LogP contribution in [0.15, 0.2) is 0 Å². The van der Waals surface area contributed by atoms with Crippen LogP contribution in [-0.2, 0) is 4.74 Å². The van der Waals surface area contributed by atoms with Crippen LogP contribution in [0.5, 0.6) is 0 Å². The lowest BCUT2D eigenvalue weighted by molar-refractivity contribution is 0.0775. The Morgan fingerprint density at radius 2 is 2.11 bits per heavy atom. The van der Waals surface area contributed by atoms with Crippen molar-refractivity contribution in [1.29, 1.82) is 0 Å².